The van der Waals surface area contributed by atoms with Gasteiger partial charge in [0.05, 0.1) is 6.61 Å². The highest BCUT2D eigenvalue weighted by atomic mass is 19.1. The molecule has 1 aromatic carbocycles. The van der Waals surface area contributed by atoms with E-state index < -0.39 is 5.82 Å². The first kappa shape index (κ1) is 11.6. The topological polar surface area (TPSA) is 48.1 Å². The summed E-state index contributed by atoms with van der Waals surface area (Å²) in [7, 11) is 0. The number of halogens is 1. The van der Waals surface area contributed by atoms with E-state index in [0.29, 0.717) is 29.1 Å². The van der Waals surface area contributed by atoms with Gasteiger partial charge in [0, 0.05) is 23.3 Å². The molecular formula is C13H15FN2O. The number of hydrogen-bond acceptors (Lipinski definition) is 3. The van der Waals surface area contributed by atoms with Gasteiger partial charge < -0.3 is 10.5 Å². The van der Waals surface area contributed by atoms with Gasteiger partial charge in [-0.05, 0) is 18.1 Å². The van der Waals surface area contributed by atoms with Crippen LogP contribution < -0.4 is 10.5 Å². The zero-order chi connectivity index (χ0) is 12.4. The van der Waals surface area contributed by atoms with Crippen molar-refractivity contribution in [1.29, 1.82) is 0 Å². The number of hydrogen-bond donors (Lipinski definition) is 1. The van der Waals surface area contributed by atoms with Gasteiger partial charge in [0.2, 0.25) is 0 Å². The predicted molar refractivity (Wildman–Crippen MR) is 66.4 cm³/mol. The van der Waals surface area contributed by atoms with Gasteiger partial charge in [0.25, 0.3) is 0 Å². The summed E-state index contributed by atoms with van der Waals surface area (Å²) in [6.07, 6.45) is 1.60. The first-order chi connectivity index (χ1) is 8.09. The minimum Gasteiger partial charge on any atom is -0.488 e. The van der Waals surface area contributed by atoms with Crippen LogP contribution in [0.2, 0.25) is 0 Å². The number of rotatable bonds is 3. The first-order valence-electron chi connectivity index (χ1n) is 5.55. The van der Waals surface area contributed by atoms with E-state index in [1.807, 2.05) is 13.8 Å². The van der Waals surface area contributed by atoms with Crippen LogP contribution in [-0.2, 0) is 0 Å². The quantitative estimate of drug-likeness (QED) is 0.830. The van der Waals surface area contributed by atoms with Crippen molar-refractivity contribution in [2.45, 2.75) is 13.8 Å². The average molecular weight is 234 g/mol. The lowest BCUT2D eigenvalue weighted by Gasteiger charge is -2.12. The predicted octanol–water partition coefficient (Wildman–Crippen LogP) is 2.99. The summed E-state index contributed by atoms with van der Waals surface area (Å²) in [6, 6.07) is 4.85. The van der Waals surface area contributed by atoms with Crippen LogP contribution in [0.3, 0.4) is 0 Å². The Morgan fingerprint density at radius 3 is 2.94 bits per heavy atom. The molecule has 90 valence electrons. The summed E-state index contributed by atoms with van der Waals surface area (Å²) in [5.74, 6) is 0.0450. The molecule has 2 rings (SSSR count). The van der Waals surface area contributed by atoms with Crippen LogP contribution in [0.1, 0.15) is 13.8 Å². The third-order valence-corrected chi connectivity index (χ3v) is 2.39. The van der Waals surface area contributed by atoms with Gasteiger partial charge in [-0.2, -0.15) is 0 Å². The van der Waals surface area contributed by atoms with Gasteiger partial charge >= 0.3 is 0 Å². The van der Waals surface area contributed by atoms with E-state index in [-0.39, 0.29) is 5.75 Å². The highest BCUT2D eigenvalue weighted by molar-refractivity contribution is 5.94. The van der Waals surface area contributed by atoms with Gasteiger partial charge in [0.15, 0.2) is 11.6 Å². The molecule has 0 atom stereocenters. The Hall–Kier alpha value is -1.84. The summed E-state index contributed by atoms with van der Waals surface area (Å²) in [4.78, 5) is 4.14. The molecule has 2 aromatic rings. The summed E-state index contributed by atoms with van der Waals surface area (Å²) in [5.41, 5.74) is 6.60. The molecule has 1 aromatic heterocycles. The molecule has 0 bridgehead atoms. The van der Waals surface area contributed by atoms with Crippen LogP contribution in [0.15, 0.2) is 24.4 Å². The number of benzene rings is 1. The van der Waals surface area contributed by atoms with Crippen LogP contribution in [0, 0.1) is 11.7 Å². The van der Waals surface area contributed by atoms with Crippen LogP contribution in [0.5, 0.6) is 5.75 Å². The highest BCUT2D eigenvalue weighted by Crippen LogP contribution is 2.31. The molecule has 4 heteroatoms. The molecule has 0 amide bonds. The number of nitrogens with zero attached hydrogens (tertiary/aromatic N) is 1. The van der Waals surface area contributed by atoms with Crippen molar-refractivity contribution in [2.75, 3.05) is 12.3 Å². The highest BCUT2D eigenvalue weighted by Gasteiger charge is 2.13. The maximum Gasteiger partial charge on any atom is 0.181 e. The molecule has 0 saturated heterocycles. The Morgan fingerprint density at radius 2 is 2.24 bits per heavy atom. The zero-order valence-electron chi connectivity index (χ0n) is 9.90. The van der Waals surface area contributed by atoms with Crippen LogP contribution >= 0.6 is 0 Å². The third kappa shape index (κ3) is 2.30. The number of anilines is 1. The number of nitrogen functional groups attached to an aromatic ring is 1. The largest absolute Gasteiger partial charge is 0.488 e. The monoisotopic (exact) mass is 234 g/mol. The van der Waals surface area contributed by atoms with Gasteiger partial charge in [0.1, 0.15) is 5.52 Å². The molecule has 0 spiro atoms. The summed E-state index contributed by atoms with van der Waals surface area (Å²) in [6.45, 7) is 4.46. The molecule has 3 nitrogen and oxygen atoms in total. The number of fused-ring (bicyclic) bond motifs is 1. The summed E-state index contributed by atoms with van der Waals surface area (Å²) >= 11 is 0. The standard InChI is InChI=1S/C13H15FN2O/c1-8(2)7-17-13-10(14)6-11(15)9-4-3-5-16-12(9)13/h3-6,8H,7,15H2,1-2H3. The molecule has 0 saturated carbocycles. The number of nitrogens with two attached hydrogens (primary N) is 1. The van der Waals surface area contributed by atoms with Crippen LogP contribution in [0.25, 0.3) is 10.9 Å². The Bertz CT molecular complexity index is 540. The van der Waals surface area contributed by atoms with E-state index >= 15 is 0 Å². The molecule has 0 aliphatic rings. The van der Waals surface area contributed by atoms with Crippen molar-refractivity contribution >= 4 is 16.6 Å². The number of pyridine rings is 1. The SMILES string of the molecule is CC(C)COc1c(F)cc(N)c2cccnc12. The number of aromatic nitrogens is 1. The molecule has 0 aliphatic heterocycles. The second-order valence-corrected chi connectivity index (χ2v) is 4.38. The van der Waals surface area contributed by atoms with E-state index in [1.165, 1.54) is 6.07 Å². The molecule has 1 heterocycles. The van der Waals surface area contributed by atoms with Crippen molar-refractivity contribution in [3.05, 3.63) is 30.2 Å². The minimum absolute atomic E-state index is 0.184. The Morgan fingerprint density at radius 1 is 1.47 bits per heavy atom. The fourth-order valence-corrected chi connectivity index (χ4v) is 1.60. The first-order valence-corrected chi connectivity index (χ1v) is 5.55. The Balaban J connectivity index is 2.53. The maximum atomic E-state index is 13.8. The molecule has 17 heavy (non-hydrogen) atoms. The lowest BCUT2D eigenvalue weighted by Crippen LogP contribution is -2.07. The molecule has 0 unspecified atom stereocenters. The van der Waals surface area contributed by atoms with Gasteiger partial charge in [-0.3, -0.25) is 4.98 Å². The average Bonchev–Trinajstić information content (AvgIpc) is 2.28. The van der Waals surface area contributed by atoms with E-state index in [2.05, 4.69) is 4.98 Å². The smallest absolute Gasteiger partial charge is 0.181 e. The third-order valence-electron chi connectivity index (χ3n) is 2.39. The van der Waals surface area contributed by atoms with Gasteiger partial charge in [-0.25, -0.2) is 4.39 Å². The fraction of sp³-hybridized carbons (Fsp3) is 0.308. The molecule has 0 radical (unpaired) electrons. The van der Waals surface area contributed by atoms with Crippen LogP contribution in [0.4, 0.5) is 10.1 Å². The van der Waals surface area contributed by atoms with Crippen molar-refractivity contribution in [2.24, 2.45) is 5.92 Å². The molecule has 0 aliphatic carbocycles. The van der Waals surface area contributed by atoms with Crippen molar-refractivity contribution in [3.8, 4) is 5.75 Å². The Labute approximate surface area is 99.4 Å². The molecular weight excluding hydrogens is 219 g/mol. The van der Waals surface area contributed by atoms with E-state index in [9.17, 15) is 4.39 Å². The minimum atomic E-state index is -0.464. The number of ether oxygens (including phenoxy) is 1. The molecule has 0 fully saturated rings. The normalized spacial score (nSPS) is 11.1. The summed E-state index contributed by atoms with van der Waals surface area (Å²) < 4.78 is 19.3. The lowest BCUT2D eigenvalue weighted by atomic mass is 10.1. The van der Waals surface area contributed by atoms with E-state index in [1.54, 1.807) is 18.3 Å². The van der Waals surface area contributed by atoms with Crippen molar-refractivity contribution in [1.82, 2.24) is 4.98 Å². The molecule has 2 N–H and O–H groups in total. The van der Waals surface area contributed by atoms with Crippen LogP contribution in [-0.4, -0.2) is 11.6 Å². The maximum absolute atomic E-state index is 13.8. The van der Waals surface area contributed by atoms with E-state index in [0.717, 1.165) is 0 Å². The zero-order valence-corrected chi connectivity index (χ0v) is 9.90. The van der Waals surface area contributed by atoms with Crippen molar-refractivity contribution in [3.63, 3.8) is 0 Å². The van der Waals surface area contributed by atoms with Gasteiger partial charge in [-0.15, -0.1) is 0 Å². The second kappa shape index (κ2) is 4.57. The van der Waals surface area contributed by atoms with Crippen molar-refractivity contribution < 1.29 is 9.13 Å². The Kier molecular flexibility index (Phi) is 3.13. The lowest BCUT2D eigenvalue weighted by molar-refractivity contribution is 0.262. The van der Waals surface area contributed by atoms with Gasteiger partial charge in [-0.1, -0.05) is 13.8 Å². The second-order valence-electron chi connectivity index (χ2n) is 4.38. The fourth-order valence-electron chi connectivity index (χ4n) is 1.60. The van der Waals surface area contributed by atoms with E-state index in [4.69, 9.17) is 10.5 Å². The summed E-state index contributed by atoms with van der Waals surface area (Å²) in [5, 5.41) is 0.715.